The predicted molar refractivity (Wildman–Crippen MR) is 76.0 cm³/mol. The first-order valence-electron chi connectivity index (χ1n) is 6.58. The van der Waals surface area contributed by atoms with Crippen LogP contribution in [0.5, 0.6) is 0 Å². The molecule has 1 rings (SSSR count). The van der Waals surface area contributed by atoms with Crippen LogP contribution in [0.3, 0.4) is 0 Å². The molecule has 0 aliphatic carbocycles. The minimum atomic E-state index is -0.244. The third-order valence-electron chi connectivity index (χ3n) is 2.62. The van der Waals surface area contributed by atoms with Gasteiger partial charge in [0.15, 0.2) is 0 Å². The number of amides is 2. The molecule has 0 saturated carbocycles. The van der Waals surface area contributed by atoms with Gasteiger partial charge < -0.3 is 10.6 Å². The Bertz CT molecular complexity index is 501. The first-order valence-corrected chi connectivity index (χ1v) is 6.58. The second-order valence-corrected chi connectivity index (χ2v) is 4.89. The van der Waals surface area contributed by atoms with Crippen LogP contribution in [0.2, 0.25) is 0 Å². The van der Waals surface area contributed by atoms with E-state index >= 15 is 0 Å². The standard InChI is InChI=1S/C15H19N3O2/c1-11(2)10-18-14(19)7-8-17-15(20)13-5-3-12(9-16)4-6-13/h3-6,11H,7-8,10H2,1-2H3,(H,17,20)(H,18,19). The number of nitriles is 1. The number of hydrogen-bond donors (Lipinski definition) is 2. The smallest absolute Gasteiger partial charge is 0.251 e. The number of carbonyl (C=O) groups excluding carboxylic acids is 2. The third kappa shape index (κ3) is 5.53. The summed E-state index contributed by atoms with van der Waals surface area (Å²) in [5.41, 5.74) is 0.987. The Kier molecular flexibility index (Phi) is 6.24. The maximum absolute atomic E-state index is 11.8. The van der Waals surface area contributed by atoms with Crippen molar-refractivity contribution in [1.82, 2.24) is 10.6 Å². The summed E-state index contributed by atoms with van der Waals surface area (Å²) in [6.45, 7) is 4.98. The molecule has 0 bridgehead atoms. The Labute approximate surface area is 119 Å². The summed E-state index contributed by atoms with van der Waals surface area (Å²) in [6, 6.07) is 8.34. The van der Waals surface area contributed by atoms with Crippen molar-refractivity contribution in [2.24, 2.45) is 5.92 Å². The van der Waals surface area contributed by atoms with Gasteiger partial charge in [0.05, 0.1) is 11.6 Å². The first kappa shape index (κ1) is 15.7. The molecule has 0 aliphatic heterocycles. The second-order valence-electron chi connectivity index (χ2n) is 4.89. The number of nitrogens with one attached hydrogen (secondary N) is 2. The van der Waals surface area contributed by atoms with E-state index in [2.05, 4.69) is 10.6 Å². The van der Waals surface area contributed by atoms with E-state index in [1.165, 1.54) is 0 Å². The third-order valence-corrected chi connectivity index (χ3v) is 2.62. The SMILES string of the molecule is CC(C)CNC(=O)CCNC(=O)c1ccc(C#N)cc1. The molecule has 5 nitrogen and oxygen atoms in total. The molecule has 0 spiro atoms. The van der Waals surface area contributed by atoms with Crippen molar-refractivity contribution in [1.29, 1.82) is 5.26 Å². The van der Waals surface area contributed by atoms with Crippen LogP contribution in [0.1, 0.15) is 36.2 Å². The van der Waals surface area contributed by atoms with Crippen molar-refractivity contribution in [2.75, 3.05) is 13.1 Å². The van der Waals surface area contributed by atoms with E-state index in [1.54, 1.807) is 24.3 Å². The highest BCUT2D eigenvalue weighted by atomic mass is 16.2. The molecule has 0 unspecified atom stereocenters. The van der Waals surface area contributed by atoms with Gasteiger partial charge in [-0.3, -0.25) is 9.59 Å². The maximum atomic E-state index is 11.8. The normalized spacial score (nSPS) is 9.90. The summed E-state index contributed by atoms with van der Waals surface area (Å²) in [5, 5.41) is 14.1. The van der Waals surface area contributed by atoms with Gasteiger partial charge in [0, 0.05) is 25.1 Å². The van der Waals surface area contributed by atoms with Crippen molar-refractivity contribution >= 4 is 11.8 Å². The largest absolute Gasteiger partial charge is 0.356 e. The molecule has 0 atom stereocenters. The fourth-order valence-corrected chi connectivity index (χ4v) is 1.49. The molecule has 0 aliphatic rings. The molecule has 0 heterocycles. The fourth-order valence-electron chi connectivity index (χ4n) is 1.49. The van der Waals surface area contributed by atoms with Crippen molar-refractivity contribution in [2.45, 2.75) is 20.3 Å². The Morgan fingerprint density at radius 2 is 1.85 bits per heavy atom. The van der Waals surface area contributed by atoms with Gasteiger partial charge in [-0.25, -0.2) is 0 Å². The van der Waals surface area contributed by atoms with E-state index < -0.39 is 0 Å². The van der Waals surface area contributed by atoms with Gasteiger partial charge in [0.1, 0.15) is 0 Å². The van der Waals surface area contributed by atoms with Gasteiger partial charge in [-0.15, -0.1) is 0 Å². The highest BCUT2D eigenvalue weighted by Crippen LogP contribution is 2.02. The van der Waals surface area contributed by atoms with Crippen molar-refractivity contribution in [3.05, 3.63) is 35.4 Å². The number of carbonyl (C=O) groups is 2. The van der Waals surface area contributed by atoms with Gasteiger partial charge in [0.25, 0.3) is 5.91 Å². The van der Waals surface area contributed by atoms with E-state index in [-0.39, 0.29) is 18.2 Å². The lowest BCUT2D eigenvalue weighted by Crippen LogP contribution is -2.32. The fraction of sp³-hybridized carbons (Fsp3) is 0.400. The molecule has 0 fully saturated rings. The van der Waals surface area contributed by atoms with Gasteiger partial charge in [-0.1, -0.05) is 13.8 Å². The van der Waals surface area contributed by atoms with Crippen LogP contribution in [0.4, 0.5) is 0 Å². The average Bonchev–Trinajstić information content (AvgIpc) is 2.45. The van der Waals surface area contributed by atoms with E-state index in [0.29, 0.717) is 30.1 Å². The molecule has 20 heavy (non-hydrogen) atoms. The minimum Gasteiger partial charge on any atom is -0.356 e. The lowest BCUT2D eigenvalue weighted by molar-refractivity contribution is -0.121. The van der Waals surface area contributed by atoms with Gasteiger partial charge in [-0.05, 0) is 30.2 Å². The monoisotopic (exact) mass is 273 g/mol. The van der Waals surface area contributed by atoms with Crippen molar-refractivity contribution in [3.63, 3.8) is 0 Å². The van der Waals surface area contributed by atoms with Crippen LogP contribution in [0.25, 0.3) is 0 Å². The Morgan fingerprint density at radius 1 is 1.20 bits per heavy atom. The minimum absolute atomic E-state index is 0.0705. The van der Waals surface area contributed by atoms with E-state index in [4.69, 9.17) is 5.26 Å². The first-order chi connectivity index (χ1) is 9.52. The van der Waals surface area contributed by atoms with Crippen molar-refractivity contribution < 1.29 is 9.59 Å². The zero-order chi connectivity index (χ0) is 15.0. The Morgan fingerprint density at radius 3 is 2.40 bits per heavy atom. The van der Waals surface area contributed by atoms with Gasteiger partial charge in [-0.2, -0.15) is 5.26 Å². The topological polar surface area (TPSA) is 82.0 Å². The lowest BCUT2D eigenvalue weighted by Gasteiger charge is -2.08. The van der Waals surface area contributed by atoms with Crippen LogP contribution >= 0.6 is 0 Å². The zero-order valence-corrected chi connectivity index (χ0v) is 11.8. The molecule has 0 saturated heterocycles. The van der Waals surface area contributed by atoms with E-state index in [9.17, 15) is 9.59 Å². The van der Waals surface area contributed by atoms with Gasteiger partial charge >= 0.3 is 0 Å². The van der Waals surface area contributed by atoms with Crippen molar-refractivity contribution in [3.8, 4) is 6.07 Å². The summed E-state index contributed by atoms with van der Waals surface area (Å²) in [7, 11) is 0. The summed E-state index contributed by atoms with van der Waals surface area (Å²) in [6.07, 6.45) is 0.259. The molecule has 5 heteroatoms. The molecule has 1 aromatic rings. The van der Waals surface area contributed by atoms with Crippen LogP contribution in [0, 0.1) is 17.2 Å². The molecule has 0 radical (unpaired) electrons. The molecule has 2 N–H and O–H groups in total. The molecule has 1 aromatic carbocycles. The van der Waals surface area contributed by atoms with Gasteiger partial charge in [0.2, 0.25) is 5.91 Å². The molecular weight excluding hydrogens is 254 g/mol. The predicted octanol–water partition coefficient (Wildman–Crippen LogP) is 1.45. The number of nitrogens with zero attached hydrogens (tertiary/aromatic N) is 1. The number of benzene rings is 1. The summed E-state index contributed by atoms with van der Waals surface area (Å²) >= 11 is 0. The molecule has 106 valence electrons. The van der Waals surface area contributed by atoms with Crippen LogP contribution in [-0.4, -0.2) is 24.9 Å². The second kappa shape index (κ2) is 7.95. The summed E-state index contributed by atoms with van der Waals surface area (Å²) < 4.78 is 0. The molecule has 2 amide bonds. The zero-order valence-electron chi connectivity index (χ0n) is 11.8. The Hall–Kier alpha value is -2.35. The lowest BCUT2D eigenvalue weighted by atomic mass is 10.1. The maximum Gasteiger partial charge on any atom is 0.251 e. The van der Waals surface area contributed by atoms with E-state index in [1.807, 2.05) is 19.9 Å². The summed E-state index contributed by atoms with van der Waals surface area (Å²) in [5.74, 6) is 0.0946. The molecule has 0 aromatic heterocycles. The number of rotatable bonds is 6. The van der Waals surface area contributed by atoms with E-state index in [0.717, 1.165) is 0 Å². The quantitative estimate of drug-likeness (QED) is 0.823. The molecular formula is C15H19N3O2. The highest BCUT2D eigenvalue weighted by molar-refractivity contribution is 5.94. The number of hydrogen-bond acceptors (Lipinski definition) is 3. The van der Waals surface area contributed by atoms with Crippen LogP contribution < -0.4 is 10.6 Å². The Balaban J connectivity index is 2.32. The van der Waals surface area contributed by atoms with Crippen LogP contribution in [-0.2, 0) is 4.79 Å². The summed E-state index contributed by atoms with van der Waals surface area (Å²) in [4.78, 5) is 23.2. The highest BCUT2D eigenvalue weighted by Gasteiger charge is 2.06. The van der Waals surface area contributed by atoms with Crippen LogP contribution in [0.15, 0.2) is 24.3 Å². The average molecular weight is 273 g/mol.